The number of amides is 2. The molecule has 9 heteroatoms. The molecule has 0 radical (unpaired) electrons. The number of nitrogens with one attached hydrogen (secondary N) is 1. The van der Waals surface area contributed by atoms with E-state index in [-0.39, 0.29) is 16.8 Å². The third kappa shape index (κ3) is 2.63. The fourth-order valence-corrected chi connectivity index (χ4v) is 4.25. The van der Waals surface area contributed by atoms with Crippen LogP contribution in [0, 0.1) is 10.1 Å². The summed E-state index contributed by atoms with van der Waals surface area (Å²) in [4.78, 5) is 36.4. The highest BCUT2D eigenvalue weighted by Crippen LogP contribution is 2.39. The Morgan fingerprint density at radius 3 is 1.94 bits per heavy atom. The van der Waals surface area contributed by atoms with E-state index >= 15 is 0 Å². The van der Waals surface area contributed by atoms with Crippen LogP contribution in [0.1, 0.15) is 11.1 Å². The van der Waals surface area contributed by atoms with Gasteiger partial charge in [0, 0.05) is 66.2 Å². The maximum Gasteiger partial charge on any atom is 0.271 e. The molecule has 154 valence electrons. The number of nitrogens with zero attached hydrogens (tertiary/aromatic N) is 3. The molecule has 1 aliphatic rings. The lowest BCUT2D eigenvalue weighted by atomic mass is 9.95. The van der Waals surface area contributed by atoms with Gasteiger partial charge >= 0.3 is 0 Å². The number of aryl methyl sites for hydroxylation is 2. The Kier molecular flexibility index (Phi) is 3.78. The van der Waals surface area contributed by atoms with Crippen LogP contribution in [-0.2, 0) is 23.7 Å². The van der Waals surface area contributed by atoms with Gasteiger partial charge in [-0.2, -0.15) is 0 Å². The predicted molar refractivity (Wildman–Crippen MR) is 117 cm³/mol. The topological polar surface area (TPSA) is 125 Å². The Labute approximate surface area is 175 Å². The van der Waals surface area contributed by atoms with Crippen LogP contribution in [0.2, 0.25) is 0 Å². The van der Waals surface area contributed by atoms with E-state index in [1.54, 1.807) is 36.1 Å². The van der Waals surface area contributed by atoms with Crippen LogP contribution in [-0.4, -0.2) is 25.9 Å². The number of hydrogen-bond donors (Lipinski definition) is 2. The lowest BCUT2D eigenvalue weighted by Crippen LogP contribution is -2.22. The number of hydrogen-bond acceptors (Lipinski definition) is 5. The Bertz CT molecular complexity index is 1510. The van der Waals surface area contributed by atoms with E-state index in [0.29, 0.717) is 27.7 Å². The van der Waals surface area contributed by atoms with Gasteiger partial charge in [0.25, 0.3) is 17.5 Å². The van der Waals surface area contributed by atoms with Crippen molar-refractivity contribution in [2.75, 3.05) is 5.73 Å². The minimum Gasteiger partial charge on any atom is -0.399 e. The van der Waals surface area contributed by atoms with Crippen molar-refractivity contribution in [3.8, 4) is 0 Å². The SMILES string of the molecule is Cn1cc(C2=C(c3cn(C)c4cc([N+](=O)[O-])ccc34)C(=O)NC2=O)c2ccc(N)cc21. The molecular formula is C22H17N5O4. The standard InChI is InChI=1S/C22H17N5O4/c1-25-9-15(13-5-3-11(23)7-17(13)25)19-20(22(29)24-21(19)28)16-10-26(2)18-8-12(27(30)31)4-6-14(16)18/h3-10H,23H2,1-2H3,(H,24,28,29). The summed E-state index contributed by atoms with van der Waals surface area (Å²) in [5.74, 6) is -0.985. The van der Waals surface area contributed by atoms with E-state index < -0.39 is 16.7 Å². The average Bonchev–Trinajstić information content (AvgIpc) is 3.32. The molecule has 0 atom stereocenters. The van der Waals surface area contributed by atoms with E-state index in [1.807, 2.05) is 23.7 Å². The minimum absolute atomic E-state index is 0.0481. The first-order valence-corrected chi connectivity index (χ1v) is 9.45. The van der Waals surface area contributed by atoms with Crippen molar-refractivity contribution in [1.29, 1.82) is 0 Å². The van der Waals surface area contributed by atoms with E-state index in [9.17, 15) is 19.7 Å². The number of rotatable bonds is 3. The van der Waals surface area contributed by atoms with Gasteiger partial charge in [0.15, 0.2) is 0 Å². The number of nitrogen functional groups attached to an aromatic ring is 1. The van der Waals surface area contributed by atoms with Crippen LogP contribution < -0.4 is 11.1 Å². The van der Waals surface area contributed by atoms with Crippen LogP contribution in [0.3, 0.4) is 0 Å². The quantitative estimate of drug-likeness (QED) is 0.230. The molecule has 0 fully saturated rings. The first kappa shape index (κ1) is 18.6. The molecule has 2 amide bonds. The van der Waals surface area contributed by atoms with Crippen molar-refractivity contribution in [2.24, 2.45) is 14.1 Å². The summed E-state index contributed by atoms with van der Waals surface area (Å²) in [7, 11) is 3.59. The van der Waals surface area contributed by atoms with Crippen LogP contribution >= 0.6 is 0 Å². The van der Waals surface area contributed by atoms with Gasteiger partial charge in [-0.25, -0.2) is 0 Å². The van der Waals surface area contributed by atoms with Gasteiger partial charge in [-0.1, -0.05) is 6.07 Å². The normalized spacial score (nSPS) is 14.1. The van der Waals surface area contributed by atoms with E-state index in [2.05, 4.69) is 5.32 Å². The highest BCUT2D eigenvalue weighted by molar-refractivity contribution is 6.50. The van der Waals surface area contributed by atoms with E-state index in [0.717, 1.165) is 10.9 Å². The van der Waals surface area contributed by atoms with E-state index in [1.165, 1.54) is 12.1 Å². The fourth-order valence-electron chi connectivity index (χ4n) is 4.25. The fraction of sp³-hybridized carbons (Fsp3) is 0.0909. The minimum atomic E-state index is -0.502. The molecule has 3 heterocycles. The second-order valence-corrected chi connectivity index (χ2v) is 7.58. The lowest BCUT2D eigenvalue weighted by molar-refractivity contribution is -0.384. The van der Waals surface area contributed by atoms with Crippen LogP contribution in [0.25, 0.3) is 33.0 Å². The summed E-state index contributed by atoms with van der Waals surface area (Å²) in [6, 6.07) is 9.83. The van der Waals surface area contributed by atoms with Gasteiger partial charge in [-0.05, 0) is 18.2 Å². The number of nitrogens with two attached hydrogens (primary N) is 1. The van der Waals surface area contributed by atoms with Gasteiger partial charge in [0.1, 0.15) is 0 Å². The smallest absolute Gasteiger partial charge is 0.271 e. The zero-order chi connectivity index (χ0) is 22.0. The molecule has 3 N–H and O–H groups in total. The molecule has 9 nitrogen and oxygen atoms in total. The summed E-state index contributed by atoms with van der Waals surface area (Å²) in [5, 5.41) is 15.0. The molecule has 0 aliphatic carbocycles. The van der Waals surface area contributed by atoms with E-state index in [4.69, 9.17) is 5.73 Å². The number of nitro benzene ring substituents is 1. The number of anilines is 1. The Morgan fingerprint density at radius 2 is 1.39 bits per heavy atom. The van der Waals surface area contributed by atoms with Crippen molar-refractivity contribution >= 4 is 56.1 Å². The molecule has 2 aromatic carbocycles. The summed E-state index contributed by atoms with van der Waals surface area (Å²) in [6.07, 6.45) is 3.51. The van der Waals surface area contributed by atoms with Crippen molar-refractivity contribution in [1.82, 2.24) is 14.5 Å². The maximum atomic E-state index is 12.9. The molecule has 0 bridgehead atoms. The summed E-state index contributed by atoms with van der Waals surface area (Å²) in [6.45, 7) is 0. The Morgan fingerprint density at radius 1 is 0.871 bits per heavy atom. The van der Waals surface area contributed by atoms with Crippen LogP contribution in [0.15, 0.2) is 48.8 Å². The monoisotopic (exact) mass is 415 g/mol. The maximum absolute atomic E-state index is 12.9. The highest BCUT2D eigenvalue weighted by atomic mass is 16.6. The molecule has 0 saturated heterocycles. The predicted octanol–water partition coefficient (Wildman–Crippen LogP) is 2.73. The Hall–Kier alpha value is -4.40. The first-order chi connectivity index (χ1) is 14.8. The number of non-ortho nitro benzene ring substituents is 1. The number of carbonyl (C=O) groups is 2. The highest BCUT2D eigenvalue weighted by Gasteiger charge is 2.35. The molecule has 4 aromatic rings. The van der Waals surface area contributed by atoms with Crippen LogP contribution in [0.4, 0.5) is 11.4 Å². The number of fused-ring (bicyclic) bond motifs is 2. The van der Waals surface area contributed by atoms with Crippen molar-refractivity contribution in [2.45, 2.75) is 0 Å². The van der Waals surface area contributed by atoms with Crippen molar-refractivity contribution in [3.63, 3.8) is 0 Å². The molecule has 2 aromatic heterocycles. The molecule has 1 aliphatic heterocycles. The summed E-state index contributed by atoms with van der Waals surface area (Å²) in [5.41, 5.74) is 9.56. The number of nitro groups is 1. The second kappa shape index (κ2) is 6.30. The van der Waals surface area contributed by atoms with Gasteiger partial charge in [0.05, 0.1) is 27.1 Å². The molecule has 0 unspecified atom stereocenters. The number of carbonyl (C=O) groups excluding carboxylic acids is 2. The van der Waals surface area contributed by atoms with Crippen LogP contribution in [0.5, 0.6) is 0 Å². The van der Waals surface area contributed by atoms with Gasteiger partial charge < -0.3 is 14.9 Å². The summed E-state index contributed by atoms with van der Waals surface area (Å²) < 4.78 is 3.57. The van der Waals surface area contributed by atoms with Crippen molar-refractivity contribution in [3.05, 3.63) is 70.0 Å². The molecular weight excluding hydrogens is 398 g/mol. The largest absolute Gasteiger partial charge is 0.399 e. The summed E-state index contributed by atoms with van der Waals surface area (Å²) >= 11 is 0. The molecule has 31 heavy (non-hydrogen) atoms. The number of benzene rings is 2. The van der Waals surface area contributed by atoms with Gasteiger partial charge in [-0.3, -0.25) is 25.0 Å². The Balaban J connectivity index is 1.83. The third-order valence-corrected chi connectivity index (χ3v) is 5.67. The molecule has 0 spiro atoms. The van der Waals surface area contributed by atoms with Gasteiger partial charge in [0.2, 0.25) is 0 Å². The number of imide groups is 1. The molecule has 0 saturated carbocycles. The van der Waals surface area contributed by atoms with Crippen molar-refractivity contribution < 1.29 is 14.5 Å². The van der Waals surface area contributed by atoms with Gasteiger partial charge in [-0.15, -0.1) is 0 Å². The molecule has 5 rings (SSSR count). The lowest BCUT2D eigenvalue weighted by Gasteiger charge is -2.03. The second-order valence-electron chi connectivity index (χ2n) is 7.58. The first-order valence-electron chi connectivity index (χ1n) is 9.45. The zero-order valence-corrected chi connectivity index (χ0v) is 16.7. The number of aromatic nitrogens is 2. The third-order valence-electron chi connectivity index (χ3n) is 5.67. The zero-order valence-electron chi connectivity index (χ0n) is 16.7. The average molecular weight is 415 g/mol.